The van der Waals surface area contributed by atoms with Gasteiger partial charge >= 0.3 is 0 Å². The van der Waals surface area contributed by atoms with Crippen LogP contribution in [0.15, 0.2) is 79.0 Å². The van der Waals surface area contributed by atoms with Crippen LogP contribution in [0.5, 0.6) is 5.75 Å². The van der Waals surface area contributed by atoms with Gasteiger partial charge in [0.2, 0.25) is 0 Å². The minimum atomic E-state index is -0.114. The number of fused-ring (bicyclic) bond motifs is 2. The highest BCUT2D eigenvalue weighted by Crippen LogP contribution is 2.37. The first-order valence-electron chi connectivity index (χ1n) is 10.3. The normalized spacial score (nSPS) is 11.1. The zero-order valence-electron chi connectivity index (χ0n) is 17.8. The molecule has 5 aromatic rings. The minimum absolute atomic E-state index is 0.114. The zero-order chi connectivity index (χ0) is 22.1. The summed E-state index contributed by atoms with van der Waals surface area (Å²) in [5, 5.41) is 2.75. The number of carbonyl (C=O) groups is 1. The third-order valence-electron chi connectivity index (χ3n) is 5.43. The first-order valence-corrected chi connectivity index (χ1v) is 11.1. The van der Waals surface area contributed by atoms with Crippen molar-refractivity contribution < 1.29 is 9.53 Å². The molecule has 1 amide bonds. The Labute approximate surface area is 189 Å². The topological polar surface area (TPSA) is 55.3 Å². The number of ether oxygens (including phenoxy) is 1. The van der Waals surface area contributed by atoms with E-state index in [-0.39, 0.29) is 5.91 Å². The number of thiazole rings is 1. The predicted octanol–water partition coefficient (Wildman–Crippen LogP) is 6.01. The molecule has 0 fully saturated rings. The maximum Gasteiger partial charge on any atom is 0.260 e. The van der Waals surface area contributed by atoms with E-state index in [0.717, 1.165) is 32.2 Å². The first kappa shape index (κ1) is 20.2. The van der Waals surface area contributed by atoms with E-state index in [0.29, 0.717) is 23.0 Å². The lowest BCUT2D eigenvalue weighted by Gasteiger charge is -2.20. The molecule has 0 aliphatic rings. The predicted molar refractivity (Wildman–Crippen MR) is 130 cm³/mol. The number of methoxy groups -OCH3 is 1. The van der Waals surface area contributed by atoms with Gasteiger partial charge in [0.15, 0.2) is 5.13 Å². The van der Waals surface area contributed by atoms with Gasteiger partial charge < -0.3 is 4.74 Å². The van der Waals surface area contributed by atoms with E-state index in [2.05, 4.69) is 4.98 Å². The van der Waals surface area contributed by atoms with Gasteiger partial charge in [0.1, 0.15) is 11.3 Å². The second-order valence-electron chi connectivity index (χ2n) is 7.53. The number of anilines is 1. The van der Waals surface area contributed by atoms with Gasteiger partial charge in [0.25, 0.3) is 5.91 Å². The number of hydrogen-bond donors (Lipinski definition) is 0. The van der Waals surface area contributed by atoms with Crippen molar-refractivity contribution in [2.45, 2.75) is 13.5 Å². The fraction of sp³-hybridized carbons (Fsp3) is 0.115. The van der Waals surface area contributed by atoms with Crippen LogP contribution in [0.2, 0.25) is 0 Å². The molecule has 6 heteroatoms. The molecule has 5 nitrogen and oxygen atoms in total. The van der Waals surface area contributed by atoms with Crippen LogP contribution in [0.3, 0.4) is 0 Å². The summed E-state index contributed by atoms with van der Waals surface area (Å²) in [6.07, 6.45) is 1.74. The van der Waals surface area contributed by atoms with Gasteiger partial charge in [-0.2, -0.15) is 0 Å². The van der Waals surface area contributed by atoms with Gasteiger partial charge in [-0.15, -0.1) is 0 Å². The van der Waals surface area contributed by atoms with Gasteiger partial charge in [-0.25, -0.2) is 4.98 Å². The molecule has 0 saturated carbocycles. The standard InChI is InChI=1S/C26H21N3O2S/c1-17-10-13-22(31-2)23-24(17)32-26(28-23)29(16-21-9-5-6-14-27-21)25(30)20-12-11-18-7-3-4-8-19(18)15-20/h3-15H,16H2,1-2H3. The molecule has 0 radical (unpaired) electrons. The lowest BCUT2D eigenvalue weighted by Crippen LogP contribution is -2.30. The minimum Gasteiger partial charge on any atom is -0.494 e. The van der Waals surface area contributed by atoms with Crippen LogP contribution in [-0.2, 0) is 6.54 Å². The molecular weight excluding hydrogens is 418 g/mol. The summed E-state index contributed by atoms with van der Waals surface area (Å²) in [5.74, 6) is 0.584. The number of hydrogen-bond acceptors (Lipinski definition) is 5. The number of pyridine rings is 1. The second-order valence-corrected chi connectivity index (χ2v) is 8.51. The van der Waals surface area contributed by atoms with Gasteiger partial charge in [-0.05, 0) is 53.6 Å². The highest BCUT2D eigenvalue weighted by Gasteiger charge is 2.24. The van der Waals surface area contributed by atoms with Crippen LogP contribution < -0.4 is 9.64 Å². The van der Waals surface area contributed by atoms with E-state index < -0.39 is 0 Å². The van der Waals surface area contributed by atoms with Crippen molar-refractivity contribution >= 4 is 43.4 Å². The van der Waals surface area contributed by atoms with E-state index >= 15 is 0 Å². The Morgan fingerprint density at radius 2 is 1.81 bits per heavy atom. The van der Waals surface area contributed by atoms with Gasteiger partial charge in [0, 0.05) is 11.8 Å². The van der Waals surface area contributed by atoms with Crippen LogP contribution in [0.25, 0.3) is 21.0 Å². The maximum absolute atomic E-state index is 13.7. The highest BCUT2D eigenvalue weighted by atomic mass is 32.1. The van der Waals surface area contributed by atoms with Crippen molar-refractivity contribution in [3.8, 4) is 5.75 Å². The largest absolute Gasteiger partial charge is 0.494 e. The SMILES string of the molecule is COc1ccc(C)c2sc(N(Cc3ccccn3)C(=O)c3ccc4ccccc4c3)nc12. The van der Waals surface area contributed by atoms with Crippen molar-refractivity contribution in [2.24, 2.45) is 0 Å². The van der Waals surface area contributed by atoms with Gasteiger partial charge in [-0.3, -0.25) is 14.7 Å². The summed E-state index contributed by atoms with van der Waals surface area (Å²) in [4.78, 5) is 24.7. The van der Waals surface area contributed by atoms with Crippen LogP contribution in [-0.4, -0.2) is 23.0 Å². The average Bonchev–Trinajstić information content (AvgIpc) is 3.29. The number of benzene rings is 3. The Hall–Kier alpha value is -3.77. The third kappa shape index (κ3) is 3.69. The van der Waals surface area contributed by atoms with Crippen LogP contribution >= 0.6 is 11.3 Å². The molecule has 2 aromatic heterocycles. The summed E-state index contributed by atoms with van der Waals surface area (Å²) < 4.78 is 6.53. The number of aromatic nitrogens is 2. The Bertz CT molecular complexity index is 1430. The van der Waals surface area contributed by atoms with Crippen molar-refractivity contribution in [2.75, 3.05) is 12.0 Å². The summed E-state index contributed by atoms with van der Waals surface area (Å²) in [7, 11) is 1.63. The highest BCUT2D eigenvalue weighted by molar-refractivity contribution is 7.22. The number of amides is 1. The van der Waals surface area contributed by atoms with Crippen LogP contribution in [0.4, 0.5) is 5.13 Å². The molecule has 0 aliphatic carbocycles. The van der Waals surface area contributed by atoms with E-state index in [1.54, 1.807) is 18.2 Å². The fourth-order valence-corrected chi connectivity index (χ4v) is 4.79. The lowest BCUT2D eigenvalue weighted by atomic mass is 10.1. The molecule has 32 heavy (non-hydrogen) atoms. The van der Waals surface area contributed by atoms with E-state index in [4.69, 9.17) is 9.72 Å². The molecular formula is C26H21N3O2S. The molecule has 0 bridgehead atoms. The molecule has 0 spiro atoms. The quantitative estimate of drug-likeness (QED) is 0.337. The molecule has 0 unspecified atom stereocenters. The Morgan fingerprint density at radius 3 is 2.59 bits per heavy atom. The van der Waals surface area contributed by atoms with Crippen LogP contribution in [0.1, 0.15) is 21.6 Å². The molecule has 0 atom stereocenters. The molecule has 5 rings (SSSR count). The molecule has 158 valence electrons. The number of aryl methyl sites for hydroxylation is 1. The Kier molecular flexibility index (Phi) is 5.29. The smallest absolute Gasteiger partial charge is 0.260 e. The third-order valence-corrected chi connectivity index (χ3v) is 6.64. The Morgan fingerprint density at radius 1 is 1.00 bits per heavy atom. The second kappa shape index (κ2) is 8.40. The van der Waals surface area contributed by atoms with Crippen molar-refractivity contribution in [3.63, 3.8) is 0 Å². The summed E-state index contributed by atoms with van der Waals surface area (Å²) >= 11 is 1.49. The number of nitrogens with zero attached hydrogens (tertiary/aromatic N) is 3. The summed E-state index contributed by atoms with van der Waals surface area (Å²) in [5.41, 5.74) is 3.28. The number of rotatable bonds is 5. The molecule has 0 saturated heterocycles. The van der Waals surface area contributed by atoms with Crippen LogP contribution in [0, 0.1) is 6.92 Å². The van der Waals surface area contributed by atoms with Crippen molar-refractivity contribution in [1.82, 2.24) is 9.97 Å². The van der Waals surface area contributed by atoms with Crippen molar-refractivity contribution in [1.29, 1.82) is 0 Å². The van der Waals surface area contributed by atoms with E-state index in [9.17, 15) is 4.79 Å². The average molecular weight is 440 g/mol. The molecule has 0 N–H and O–H groups in total. The molecule has 3 aromatic carbocycles. The number of carbonyl (C=O) groups excluding carboxylic acids is 1. The summed E-state index contributed by atoms with van der Waals surface area (Å²) in [6, 6.07) is 23.4. The van der Waals surface area contributed by atoms with Gasteiger partial charge in [-0.1, -0.05) is 53.8 Å². The monoisotopic (exact) mass is 439 g/mol. The fourth-order valence-electron chi connectivity index (χ4n) is 3.74. The maximum atomic E-state index is 13.7. The first-order chi connectivity index (χ1) is 15.6. The van der Waals surface area contributed by atoms with E-state index in [1.807, 2.05) is 79.7 Å². The lowest BCUT2D eigenvalue weighted by molar-refractivity contribution is 0.0985. The molecule has 2 heterocycles. The Balaban J connectivity index is 1.62. The zero-order valence-corrected chi connectivity index (χ0v) is 18.6. The molecule has 0 aliphatic heterocycles. The van der Waals surface area contributed by atoms with E-state index in [1.165, 1.54) is 11.3 Å². The van der Waals surface area contributed by atoms with Gasteiger partial charge in [0.05, 0.1) is 24.0 Å². The van der Waals surface area contributed by atoms with Crippen molar-refractivity contribution in [3.05, 3.63) is 95.8 Å². The summed E-state index contributed by atoms with van der Waals surface area (Å²) in [6.45, 7) is 2.37.